The second kappa shape index (κ2) is 5.90. The quantitative estimate of drug-likeness (QED) is 0.673. The predicted octanol–water partition coefficient (Wildman–Crippen LogP) is 1.47. The highest BCUT2D eigenvalue weighted by Crippen LogP contribution is 2.29. The second-order valence-electron chi connectivity index (χ2n) is 4.87. The molecule has 0 bridgehead atoms. The van der Waals surface area contributed by atoms with E-state index in [0.29, 0.717) is 13.0 Å². The van der Waals surface area contributed by atoms with Crippen molar-refractivity contribution in [2.45, 2.75) is 11.3 Å². The molecule has 118 valence electrons. The molecule has 0 saturated carbocycles. The third-order valence-electron chi connectivity index (χ3n) is 3.41. The maximum Gasteiger partial charge on any atom is 0.249 e. The summed E-state index contributed by atoms with van der Waals surface area (Å²) in [4.78, 5) is -1.56. The predicted molar refractivity (Wildman–Crippen MR) is 67.1 cm³/mol. The van der Waals surface area contributed by atoms with Gasteiger partial charge in [0, 0.05) is 19.2 Å². The van der Waals surface area contributed by atoms with Crippen molar-refractivity contribution in [2.75, 3.05) is 26.7 Å². The van der Waals surface area contributed by atoms with Crippen LogP contribution in [0.2, 0.25) is 0 Å². The van der Waals surface area contributed by atoms with Gasteiger partial charge in [-0.05, 0) is 25.9 Å². The lowest BCUT2D eigenvalue weighted by Gasteiger charge is -2.18. The first-order valence-electron chi connectivity index (χ1n) is 6.26. The van der Waals surface area contributed by atoms with E-state index in [1.54, 1.807) is 7.05 Å². The van der Waals surface area contributed by atoms with E-state index in [1.165, 1.54) is 0 Å². The van der Waals surface area contributed by atoms with E-state index in [0.717, 1.165) is 4.31 Å². The van der Waals surface area contributed by atoms with E-state index in [-0.39, 0.29) is 25.1 Å². The molecule has 1 aromatic carbocycles. The van der Waals surface area contributed by atoms with Gasteiger partial charge in [0.15, 0.2) is 28.2 Å². The third-order valence-corrected chi connectivity index (χ3v) is 5.30. The molecule has 1 unspecified atom stereocenters. The van der Waals surface area contributed by atoms with Crippen molar-refractivity contribution >= 4 is 10.0 Å². The largest absolute Gasteiger partial charge is 0.319 e. The fourth-order valence-corrected chi connectivity index (χ4v) is 4.04. The highest BCUT2D eigenvalue weighted by atomic mass is 32.2. The Kier molecular flexibility index (Phi) is 4.54. The van der Waals surface area contributed by atoms with Crippen LogP contribution in [0.25, 0.3) is 0 Å². The van der Waals surface area contributed by atoms with E-state index in [9.17, 15) is 26.0 Å². The van der Waals surface area contributed by atoms with Crippen molar-refractivity contribution in [2.24, 2.45) is 5.92 Å². The Morgan fingerprint density at radius 2 is 1.81 bits per heavy atom. The lowest BCUT2D eigenvalue weighted by Crippen LogP contribution is -2.32. The molecular weight excluding hydrogens is 312 g/mol. The van der Waals surface area contributed by atoms with Crippen LogP contribution < -0.4 is 5.32 Å². The minimum absolute atomic E-state index is 0.0164. The number of hydrogen-bond acceptors (Lipinski definition) is 3. The lowest BCUT2D eigenvalue weighted by atomic mass is 10.1. The van der Waals surface area contributed by atoms with Crippen molar-refractivity contribution in [3.63, 3.8) is 0 Å². The minimum atomic E-state index is -4.62. The highest BCUT2D eigenvalue weighted by Gasteiger charge is 2.38. The van der Waals surface area contributed by atoms with Gasteiger partial charge in [-0.25, -0.2) is 26.0 Å². The molecule has 1 saturated heterocycles. The number of sulfonamides is 1. The molecule has 21 heavy (non-hydrogen) atoms. The molecule has 1 heterocycles. The molecule has 1 aromatic rings. The molecule has 0 aromatic heterocycles. The number of halogens is 4. The van der Waals surface area contributed by atoms with Crippen LogP contribution in [0.5, 0.6) is 0 Å². The van der Waals surface area contributed by atoms with E-state index in [4.69, 9.17) is 0 Å². The molecule has 2 rings (SSSR count). The minimum Gasteiger partial charge on any atom is -0.319 e. The molecule has 1 N–H and O–H groups in total. The summed E-state index contributed by atoms with van der Waals surface area (Å²) < 4.78 is 78.9. The fraction of sp³-hybridized carbons (Fsp3) is 0.500. The summed E-state index contributed by atoms with van der Waals surface area (Å²) in [5.74, 6) is -7.29. The molecule has 4 nitrogen and oxygen atoms in total. The van der Waals surface area contributed by atoms with Crippen molar-refractivity contribution < 1.29 is 26.0 Å². The normalized spacial score (nSPS) is 20.1. The Bertz CT molecular complexity index is 625. The molecule has 0 amide bonds. The van der Waals surface area contributed by atoms with Gasteiger partial charge in [0.25, 0.3) is 0 Å². The van der Waals surface area contributed by atoms with Crippen LogP contribution in [-0.2, 0) is 10.0 Å². The SMILES string of the molecule is CNCC1CCN(S(=O)(=O)c2c(F)c(F)cc(F)c2F)C1. The van der Waals surface area contributed by atoms with Gasteiger partial charge < -0.3 is 5.32 Å². The van der Waals surface area contributed by atoms with Crippen LogP contribution >= 0.6 is 0 Å². The molecule has 9 heteroatoms. The monoisotopic (exact) mass is 326 g/mol. The summed E-state index contributed by atoms with van der Waals surface area (Å²) in [7, 11) is -2.93. The molecular formula is C12H14F4N2O2S. The average Bonchev–Trinajstić information content (AvgIpc) is 2.86. The van der Waals surface area contributed by atoms with E-state index in [2.05, 4.69) is 5.32 Å². The van der Waals surface area contributed by atoms with E-state index in [1.807, 2.05) is 0 Å². The number of hydrogen-bond donors (Lipinski definition) is 1. The van der Waals surface area contributed by atoms with Crippen LogP contribution in [0.4, 0.5) is 17.6 Å². The maximum atomic E-state index is 13.6. The topological polar surface area (TPSA) is 49.4 Å². The smallest absolute Gasteiger partial charge is 0.249 e. The summed E-state index contributed by atoms with van der Waals surface area (Å²) in [6.07, 6.45) is 0.501. The van der Waals surface area contributed by atoms with Gasteiger partial charge in [-0.15, -0.1) is 0 Å². The van der Waals surface area contributed by atoms with Crippen LogP contribution in [0.15, 0.2) is 11.0 Å². The Morgan fingerprint density at radius 3 is 2.33 bits per heavy atom. The van der Waals surface area contributed by atoms with Crippen molar-refractivity contribution in [3.8, 4) is 0 Å². The zero-order chi connectivity index (χ0) is 15.8. The van der Waals surface area contributed by atoms with Crippen molar-refractivity contribution in [1.82, 2.24) is 9.62 Å². The van der Waals surface area contributed by atoms with Gasteiger partial charge in [-0.3, -0.25) is 0 Å². The number of rotatable bonds is 4. The van der Waals surface area contributed by atoms with Crippen molar-refractivity contribution in [3.05, 3.63) is 29.3 Å². The number of nitrogens with zero attached hydrogens (tertiary/aromatic N) is 1. The van der Waals surface area contributed by atoms with E-state index < -0.39 is 38.2 Å². The van der Waals surface area contributed by atoms with Gasteiger partial charge in [0.2, 0.25) is 10.0 Å². The zero-order valence-corrected chi connectivity index (χ0v) is 12.0. The molecule has 0 aliphatic carbocycles. The van der Waals surface area contributed by atoms with Gasteiger partial charge >= 0.3 is 0 Å². The fourth-order valence-electron chi connectivity index (χ4n) is 2.38. The summed E-state index contributed by atoms with van der Waals surface area (Å²) >= 11 is 0. The molecule has 0 radical (unpaired) electrons. The van der Waals surface area contributed by atoms with E-state index >= 15 is 0 Å². The van der Waals surface area contributed by atoms with Gasteiger partial charge in [-0.1, -0.05) is 0 Å². The summed E-state index contributed by atoms with van der Waals surface area (Å²) in [6, 6.07) is -0.0164. The van der Waals surface area contributed by atoms with Crippen LogP contribution in [0.3, 0.4) is 0 Å². The first-order valence-corrected chi connectivity index (χ1v) is 7.70. The molecule has 1 aliphatic rings. The Morgan fingerprint density at radius 1 is 1.24 bits per heavy atom. The molecule has 1 fully saturated rings. The summed E-state index contributed by atoms with van der Waals surface area (Å²) in [5, 5.41) is 2.87. The maximum absolute atomic E-state index is 13.6. The van der Waals surface area contributed by atoms with Gasteiger partial charge in [0.1, 0.15) is 0 Å². The van der Waals surface area contributed by atoms with Gasteiger partial charge in [0.05, 0.1) is 0 Å². The summed E-state index contributed by atoms with van der Waals surface area (Å²) in [6.45, 7) is 0.625. The Labute approximate surface area is 119 Å². The Hall–Kier alpha value is -1.19. The Balaban J connectivity index is 2.42. The van der Waals surface area contributed by atoms with Gasteiger partial charge in [-0.2, -0.15) is 4.31 Å². The second-order valence-corrected chi connectivity index (χ2v) is 6.75. The number of nitrogens with one attached hydrogen (secondary N) is 1. The average molecular weight is 326 g/mol. The lowest BCUT2D eigenvalue weighted by molar-refractivity contribution is 0.401. The van der Waals surface area contributed by atoms with Crippen LogP contribution in [-0.4, -0.2) is 39.4 Å². The molecule has 0 spiro atoms. The first kappa shape index (κ1) is 16.2. The van der Waals surface area contributed by atoms with Crippen molar-refractivity contribution in [1.29, 1.82) is 0 Å². The number of benzene rings is 1. The first-order chi connectivity index (χ1) is 9.78. The third kappa shape index (κ3) is 2.90. The highest BCUT2D eigenvalue weighted by molar-refractivity contribution is 7.89. The van der Waals surface area contributed by atoms with Crippen LogP contribution in [0, 0.1) is 29.2 Å². The van der Waals surface area contributed by atoms with Crippen LogP contribution in [0.1, 0.15) is 6.42 Å². The molecule has 1 aliphatic heterocycles. The zero-order valence-electron chi connectivity index (χ0n) is 11.2. The summed E-state index contributed by atoms with van der Waals surface area (Å²) in [5.41, 5.74) is 0. The standard InChI is InChI=1S/C12H14F4N2O2S/c1-17-5-7-2-3-18(6-7)21(19,20)12-10(15)8(13)4-9(14)11(12)16/h4,7,17H,2-3,5-6H2,1H3. The molecule has 1 atom stereocenters.